The van der Waals surface area contributed by atoms with Gasteiger partial charge in [0.15, 0.2) is 0 Å². The number of alkyl halides is 3. The number of aliphatic hydroxyl groups is 1. The normalized spacial score (nSPS) is 13.2. The van der Waals surface area contributed by atoms with Gasteiger partial charge >= 0.3 is 6.18 Å². The number of nitrogens with zero attached hydrogens (tertiary/aromatic N) is 1. The van der Waals surface area contributed by atoms with Crippen LogP contribution in [0.25, 0.3) is 11.1 Å². The largest absolute Gasteiger partial charge is 0.416 e. The van der Waals surface area contributed by atoms with Gasteiger partial charge in [-0.15, -0.1) is 0 Å². The smallest absolute Gasteiger partial charge is 0.396 e. The molecule has 0 aliphatic rings. The van der Waals surface area contributed by atoms with Gasteiger partial charge in [-0.1, -0.05) is 24.3 Å². The fourth-order valence-electron chi connectivity index (χ4n) is 2.32. The van der Waals surface area contributed by atoms with E-state index >= 15 is 0 Å². The fourth-order valence-corrected chi connectivity index (χ4v) is 3.35. The summed E-state index contributed by atoms with van der Waals surface area (Å²) in [6, 6.07) is 11.9. The Morgan fingerprint density at radius 3 is 1.96 bits per heavy atom. The summed E-state index contributed by atoms with van der Waals surface area (Å²) in [7, 11) is 0.438. The standard InChI is InChI=1S/C18H20F3NO2S/c1-22(12-2-3-13-23)25(24)17-10-6-15(7-11-17)14-4-8-16(9-5-14)18(19,20)21/h4-11,23H,2-3,12-13H2,1H3. The number of benzene rings is 2. The van der Waals surface area contributed by atoms with Gasteiger partial charge in [-0.2, -0.15) is 13.2 Å². The van der Waals surface area contributed by atoms with Crippen molar-refractivity contribution in [1.82, 2.24) is 4.31 Å². The summed E-state index contributed by atoms with van der Waals surface area (Å²) in [6.45, 7) is 0.718. The van der Waals surface area contributed by atoms with Gasteiger partial charge in [-0.25, -0.2) is 8.51 Å². The minimum absolute atomic E-state index is 0.113. The van der Waals surface area contributed by atoms with Crippen LogP contribution in [0, 0.1) is 0 Å². The Bertz CT molecular complexity index is 700. The molecule has 0 aliphatic heterocycles. The van der Waals surface area contributed by atoms with Crippen molar-refractivity contribution in [3.05, 3.63) is 54.1 Å². The molecule has 0 radical (unpaired) electrons. The number of aliphatic hydroxyl groups excluding tert-OH is 1. The van der Waals surface area contributed by atoms with Crippen LogP contribution in [-0.4, -0.2) is 33.8 Å². The second-order valence-electron chi connectivity index (χ2n) is 5.63. The predicted molar refractivity (Wildman–Crippen MR) is 92.2 cm³/mol. The third kappa shape index (κ3) is 5.39. The Morgan fingerprint density at radius 2 is 1.48 bits per heavy atom. The number of hydrogen-bond donors (Lipinski definition) is 1. The molecular weight excluding hydrogens is 351 g/mol. The minimum Gasteiger partial charge on any atom is -0.396 e. The second-order valence-corrected chi connectivity index (χ2v) is 7.22. The first-order chi connectivity index (χ1) is 11.8. The monoisotopic (exact) mass is 371 g/mol. The molecule has 0 aliphatic carbocycles. The van der Waals surface area contributed by atoms with Crippen LogP contribution in [0.3, 0.4) is 0 Å². The van der Waals surface area contributed by atoms with Gasteiger partial charge in [0.1, 0.15) is 11.0 Å². The number of hydrogen-bond acceptors (Lipinski definition) is 2. The third-order valence-corrected chi connectivity index (χ3v) is 5.19. The van der Waals surface area contributed by atoms with Crippen molar-refractivity contribution in [1.29, 1.82) is 0 Å². The summed E-state index contributed by atoms with van der Waals surface area (Å²) in [5.41, 5.74) is 0.748. The Labute approximate surface area is 147 Å². The van der Waals surface area contributed by atoms with E-state index < -0.39 is 22.7 Å². The third-order valence-electron chi connectivity index (χ3n) is 3.77. The molecule has 7 heteroatoms. The minimum atomic E-state index is -4.35. The lowest BCUT2D eigenvalue weighted by Gasteiger charge is -2.15. The van der Waals surface area contributed by atoms with Gasteiger partial charge in [0.05, 0.1) is 10.5 Å². The number of unbranched alkanes of at least 4 members (excludes halogenated alkanes) is 1. The lowest BCUT2D eigenvalue weighted by atomic mass is 10.0. The van der Waals surface area contributed by atoms with E-state index in [4.69, 9.17) is 5.11 Å². The maximum absolute atomic E-state index is 12.6. The molecule has 0 spiro atoms. The molecule has 0 saturated heterocycles. The van der Waals surface area contributed by atoms with E-state index in [-0.39, 0.29) is 6.61 Å². The summed E-state index contributed by atoms with van der Waals surface area (Å²) >= 11 is 0. The maximum atomic E-state index is 12.6. The van der Waals surface area contributed by atoms with E-state index in [9.17, 15) is 17.4 Å². The Morgan fingerprint density at radius 1 is 0.960 bits per heavy atom. The van der Waals surface area contributed by atoms with Crippen molar-refractivity contribution in [2.75, 3.05) is 20.2 Å². The molecule has 0 saturated carbocycles. The molecule has 1 N–H and O–H groups in total. The highest BCUT2D eigenvalue weighted by Crippen LogP contribution is 2.31. The summed E-state index contributed by atoms with van der Waals surface area (Å²) in [5.74, 6) is 0. The van der Waals surface area contributed by atoms with Gasteiger partial charge in [-0.05, 0) is 48.2 Å². The first-order valence-electron chi connectivity index (χ1n) is 7.84. The SMILES string of the molecule is CN(CCCCO)S(=O)c1ccc(-c2ccc(C(F)(F)F)cc2)cc1. The molecule has 0 heterocycles. The Balaban J connectivity index is 2.07. The molecule has 0 aromatic heterocycles. The second kappa shape index (κ2) is 8.60. The summed E-state index contributed by atoms with van der Waals surface area (Å²) in [6.07, 6.45) is -2.93. The van der Waals surface area contributed by atoms with Gasteiger partial charge in [0, 0.05) is 20.2 Å². The van der Waals surface area contributed by atoms with Crippen molar-refractivity contribution in [2.24, 2.45) is 0 Å². The Hall–Kier alpha value is -1.70. The van der Waals surface area contributed by atoms with E-state index in [0.29, 0.717) is 23.4 Å². The number of halogens is 3. The molecule has 2 aromatic carbocycles. The van der Waals surface area contributed by atoms with Gasteiger partial charge in [0.25, 0.3) is 0 Å². The summed E-state index contributed by atoms with van der Waals surface area (Å²) in [4.78, 5) is 0.627. The Kier molecular flexibility index (Phi) is 6.75. The molecule has 0 amide bonds. The van der Waals surface area contributed by atoms with Crippen LogP contribution in [0.2, 0.25) is 0 Å². The van der Waals surface area contributed by atoms with Gasteiger partial charge in [0.2, 0.25) is 0 Å². The molecular formula is C18H20F3NO2S. The average molecular weight is 371 g/mol. The summed E-state index contributed by atoms with van der Waals surface area (Å²) < 4.78 is 51.9. The quantitative estimate of drug-likeness (QED) is 0.745. The van der Waals surface area contributed by atoms with Crippen molar-refractivity contribution >= 4 is 11.0 Å². The van der Waals surface area contributed by atoms with Crippen LogP contribution >= 0.6 is 0 Å². The highest BCUT2D eigenvalue weighted by Gasteiger charge is 2.29. The lowest BCUT2D eigenvalue weighted by Crippen LogP contribution is -2.22. The molecule has 136 valence electrons. The fraction of sp³-hybridized carbons (Fsp3) is 0.333. The zero-order chi connectivity index (χ0) is 18.4. The lowest BCUT2D eigenvalue weighted by molar-refractivity contribution is -0.137. The van der Waals surface area contributed by atoms with Gasteiger partial charge < -0.3 is 5.11 Å². The highest BCUT2D eigenvalue weighted by atomic mass is 32.2. The van der Waals surface area contributed by atoms with Crippen LogP contribution in [-0.2, 0) is 17.2 Å². The molecule has 2 aromatic rings. The molecule has 0 bridgehead atoms. The molecule has 25 heavy (non-hydrogen) atoms. The van der Waals surface area contributed by atoms with Crippen LogP contribution < -0.4 is 0 Å². The maximum Gasteiger partial charge on any atom is 0.416 e. The molecule has 1 unspecified atom stereocenters. The highest BCUT2D eigenvalue weighted by molar-refractivity contribution is 7.82. The van der Waals surface area contributed by atoms with Crippen molar-refractivity contribution < 1.29 is 22.5 Å². The van der Waals surface area contributed by atoms with E-state index in [1.54, 1.807) is 35.6 Å². The predicted octanol–water partition coefficient (Wildman–Crippen LogP) is 4.10. The molecule has 0 fully saturated rings. The molecule has 3 nitrogen and oxygen atoms in total. The van der Waals surface area contributed by atoms with Crippen molar-refractivity contribution in [2.45, 2.75) is 23.9 Å². The molecule has 2 rings (SSSR count). The zero-order valence-corrected chi connectivity index (χ0v) is 14.6. The van der Waals surface area contributed by atoms with Gasteiger partial charge in [-0.3, -0.25) is 0 Å². The van der Waals surface area contributed by atoms with E-state index in [1.807, 2.05) is 0 Å². The molecule has 1 atom stereocenters. The van der Waals surface area contributed by atoms with E-state index in [2.05, 4.69) is 0 Å². The van der Waals surface area contributed by atoms with Crippen molar-refractivity contribution in [3.63, 3.8) is 0 Å². The van der Waals surface area contributed by atoms with Crippen LogP contribution in [0.1, 0.15) is 18.4 Å². The van der Waals surface area contributed by atoms with Crippen LogP contribution in [0.15, 0.2) is 53.4 Å². The first kappa shape index (κ1) is 19.6. The van der Waals surface area contributed by atoms with Crippen LogP contribution in [0.5, 0.6) is 0 Å². The van der Waals surface area contributed by atoms with E-state index in [1.165, 1.54) is 12.1 Å². The zero-order valence-electron chi connectivity index (χ0n) is 13.8. The van der Waals surface area contributed by atoms with Crippen molar-refractivity contribution in [3.8, 4) is 11.1 Å². The number of rotatable bonds is 7. The first-order valence-corrected chi connectivity index (χ1v) is 8.95. The average Bonchev–Trinajstić information content (AvgIpc) is 2.61. The topological polar surface area (TPSA) is 40.5 Å². The summed E-state index contributed by atoms with van der Waals surface area (Å²) in [5, 5.41) is 8.78. The van der Waals surface area contributed by atoms with Crippen LogP contribution in [0.4, 0.5) is 13.2 Å². The van der Waals surface area contributed by atoms with E-state index in [0.717, 1.165) is 24.1 Å².